The van der Waals surface area contributed by atoms with Crippen LogP contribution in [0, 0.1) is 0 Å². The second-order valence-electron chi connectivity index (χ2n) is 5.59. The molecule has 0 fully saturated rings. The Morgan fingerprint density at radius 2 is 1.96 bits per heavy atom. The third kappa shape index (κ3) is 2.38. The van der Waals surface area contributed by atoms with Gasteiger partial charge >= 0.3 is 0 Å². The van der Waals surface area contributed by atoms with E-state index in [2.05, 4.69) is 20.1 Å². The van der Waals surface area contributed by atoms with Crippen molar-refractivity contribution in [1.29, 1.82) is 0 Å². The highest BCUT2D eigenvalue weighted by Crippen LogP contribution is 2.24. The second kappa shape index (κ2) is 5.41. The van der Waals surface area contributed by atoms with Crippen LogP contribution < -0.4 is 0 Å². The number of nitrogens with zero attached hydrogens (tertiary/aromatic N) is 6. The smallest absolute Gasteiger partial charge is 0.259 e. The summed E-state index contributed by atoms with van der Waals surface area (Å²) in [6.45, 7) is 0. The van der Waals surface area contributed by atoms with Gasteiger partial charge in [0.05, 0.1) is 29.9 Å². The molecule has 0 unspecified atom stereocenters. The lowest BCUT2D eigenvalue weighted by atomic mass is 10.2. The summed E-state index contributed by atoms with van der Waals surface area (Å²) in [5.74, 6) is 1.02. The van der Waals surface area contributed by atoms with Crippen LogP contribution in [-0.2, 0) is 0 Å². The maximum atomic E-state index is 5.45. The first-order valence-corrected chi connectivity index (χ1v) is 7.71. The van der Waals surface area contributed by atoms with Gasteiger partial charge in [0.15, 0.2) is 0 Å². The minimum Gasteiger partial charge on any atom is -0.334 e. The lowest BCUT2D eigenvalue weighted by Crippen LogP contribution is -1.91. The molecule has 4 heterocycles. The summed E-state index contributed by atoms with van der Waals surface area (Å²) in [6.07, 6.45) is 10.8. The van der Waals surface area contributed by atoms with Gasteiger partial charge in [-0.05, 0) is 24.3 Å². The van der Waals surface area contributed by atoms with Gasteiger partial charge in [-0.1, -0.05) is 17.3 Å². The average molecular weight is 328 g/mol. The number of imidazole rings is 2. The summed E-state index contributed by atoms with van der Waals surface area (Å²) >= 11 is 0. The minimum absolute atomic E-state index is 0.471. The number of aromatic nitrogens is 6. The maximum Gasteiger partial charge on any atom is 0.259 e. The van der Waals surface area contributed by atoms with Crippen LogP contribution in [-0.4, -0.2) is 29.1 Å². The van der Waals surface area contributed by atoms with Crippen molar-refractivity contribution in [2.45, 2.75) is 0 Å². The van der Waals surface area contributed by atoms with Crippen LogP contribution in [0.1, 0.15) is 0 Å². The molecule has 0 bridgehead atoms. The largest absolute Gasteiger partial charge is 0.334 e. The molecule has 25 heavy (non-hydrogen) atoms. The van der Waals surface area contributed by atoms with Crippen LogP contribution >= 0.6 is 0 Å². The Morgan fingerprint density at radius 3 is 2.88 bits per heavy atom. The van der Waals surface area contributed by atoms with Crippen molar-refractivity contribution in [1.82, 2.24) is 29.1 Å². The molecule has 0 saturated heterocycles. The average Bonchev–Trinajstić information content (AvgIpc) is 3.42. The first-order valence-electron chi connectivity index (χ1n) is 7.71. The highest BCUT2D eigenvalue weighted by molar-refractivity contribution is 5.63. The standard InChI is InChI=1S/C18H12N6O/c1-2-13(8-15(3-1)23-7-6-19-11-23)17-21-18(25-22-17)14-4-5-16-9-20-12-24(16)10-14/h1-12H. The van der Waals surface area contributed by atoms with Crippen molar-refractivity contribution in [3.05, 3.63) is 73.8 Å². The van der Waals surface area contributed by atoms with Crippen molar-refractivity contribution in [2.75, 3.05) is 0 Å². The van der Waals surface area contributed by atoms with Crippen LogP contribution in [0.5, 0.6) is 0 Å². The molecule has 0 atom stereocenters. The van der Waals surface area contributed by atoms with E-state index in [1.807, 2.05) is 57.8 Å². The molecular weight excluding hydrogens is 316 g/mol. The molecule has 7 heteroatoms. The van der Waals surface area contributed by atoms with Crippen LogP contribution in [0.15, 0.2) is 78.4 Å². The van der Waals surface area contributed by atoms with Gasteiger partial charge in [-0.25, -0.2) is 9.97 Å². The van der Waals surface area contributed by atoms with Gasteiger partial charge in [0.2, 0.25) is 5.82 Å². The van der Waals surface area contributed by atoms with E-state index in [1.165, 1.54) is 0 Å². The Hall–Kier alpha value is -3.74. The van der Waals surface area contributed by atoms with Crippen LogP contribution in [0.2, 0.25) is 0 Å². The minimum atomic E-state index is 0.471. The molecule has 0 saturated carbocycles. The quantitative estimate of drug-likeness (QED) is 0.508. The lowest BCUT2D eigenvalue weighted by Gasteiger charge is -2.02. The van der Waals surface area contributed by atoms with Crippen molar-refractivity contribution in [2.24, 2.45) is 0 Å². The molecule has 7 nitrogen and oxygen atoms in total. The fourth-order valence-electron chi connectivity index (χ4n) is 2.72. The SMILES string of the molecule is c1cc(-c2noc(-c3ccc4cncn4c3)n2)cc(-n2ccnc2)c1. The van der Waals surface area contributed by atoms with E-state index in [0.717, 1.165) is 22.3 Å². The highest BCUT2D eigenvalue weighted by Gasteiger charge is 2.12. The molecule has 5 aromatic rings. The summed E-state index contributed by atoms with van der Waals surface area (Å²) in [6, 6.07) is 11.8. The van der Waals surface area contributed by atoms with E-state index in [1.54, 1.807) is 25.0 Å². The molecule has 0 N–H and O–H groups in total. The molecule has 120 valence electrons. The Balaban J connectivity index is 1.53. The molecule has 0 aliphatic rings. The Morgan fingerprint density at radius 1 is 0.960 bits per heavy atom. The number of rotatable bonds is 3. The summed E-state index contributed by atoms with van der Waals surface area (Å²) in [7, 11) is 0. The third-order valence-corrected chi connectivity index (χ3v) is 3.99. The predicted octanol–water partition coefficient (Wildman–Crippen LogP) is 3.24. The molecule has 1 aromatic carbocycles. The fourth-order valence-corrected chi connectivity index (χ4v) is 2.72. The van der Waals surface area contributed by atoms with Gasteiger partial charge in [-0.2, -0.15) is 4.98 Å². The first-order chi connectivity index (χ1) is 12.4. The maximum absolute atomic E-state index is 5.45. The van der Waals surface area contributed by atoms with E-state index in [9.17, 15) is 0 Å². The highest BCUT2D eigenvalue weighted by atomic mass is 16.5. The molecule has 0 radical (unpaired) electrons. The summed E-state index contributed by atoms with van der Waals surface area (Å²) in [5.41, 5.74) is 3.72. The van der Waals surface area contributed by atoms with Crippen LogP contribution in [0.3, 0.4) is 0 Å². The van der Waals surface area contributed by atoms with Gasteiger partial charge < -0.3 is 13.5 Å². The van der Waals surface area contributed by atoms with Gasteiger partial charge in [-0.15, -0.1) is 0 Å². The summed E-state index contributed by atoms with van der Waals surface area (Å²) < 4.78 is 9.29. The Bertz CT molecular complexity index is 1160. The second-order valence-corrected chi connectivity index (χ2v) is 5.59. The predicted molar refractivity (Wildman–Crippen MR) is 91.0 cm³/mol. The molecule has 0 aliphatic heterocycles. The van der Waals surface area contributed by atoms with E-state index in [0.29, 0.717) is 11.7 Å². The number of benzene rings is 1. The van der Waals surface area contributed by atoms with Gasteiger partial charge in [0, 0.05) is 29.8 Å². The monoisotopic (exact) mass is 328 g/mol. The van der Waals surface area contributed by atoms with E-state index < -0.39 is 0 Å². The number of hydrogen-bond acceptors (Lipinski definition) is 5. The topological polar surface area (TPSA) is 74.0 Å². The van der Waals surface area contributed by atoms with Gasteiger partial charge in [0.1, 0.15) is 0 Å². The van der Waals surface area contributed by atoms with Crippen molar-refractivity contribution < 1.29 is 4.52 Å². The molecule has 5 rings (SSSR count). The zero-order chi connectivity index (χ0) is 16.6. The van der Waals surface area contributed by atoms with Crippen LogP contribution in [0.4, 0.5) is 0 Å². The Kier molecular flexibility index (Phi) is 2.96. The molecule has 0 amide bonds. The van der Waals surface area contributed by atoms with E-state index in [4.69, 9.17) is 4.52 Å². The summed E-state index contributed by atoms with van der Waals surface area (Å²) in [4.78, 5) is 12.7. The normalized spacial score (nSPS) is 11.2. The number of fused-ring (bicyclic) bond motifs is 1. The third-order valence-electron chi connectivity index (χ3n) is 3.99. The van der Waals surface area contributed by atoms with E-state index >= 15 is 0 Å². The molecular formula is C18H12N6O. The zero-order valence-corrected chi connectivity index (χ0v) is 13.0. The fraction of sp³-hybridized carbons (Fsp3) is 0. The zero-order valence-electron chi connectivity index (χ0n) is 13.0. The van der Waals surface area contributed by atoms with E-state index in [-0.39, 0.29) is 0 Å². The van der Waals surface area contributed by atoms with Gasteiger partial charge in [-0.3, -0.25) is 0 Å². The van der Waals surface area contributed by atoms with Crippen molar-refractivity contribution in [3.8, 4) is 28.5 Å². The number of pyridine rings is 1. The molecule has 0 spiro atoms. The molecule has 4 aromatic heterocycles. The Labute approximate surface area is 142 Å². The molecule has 0 aliphatic carbocycles. The van der Waals surface area contributed by atoms with Crippen molar-refractivity contribution in [3.63, 3.8) is 0 Å². The number of hydrogen-bond donors (Lipinski definition) is 0. The van der Waals surface area contributed by atoms with Crippen LogP contribution in [0.25, 0.3) is 34.0 Å². The first kappa shape index (κ1) is 13.7. The van der Waals surface area contributed by atoms with Crippen molar-refractivity contribution >= 4 is 5.52 Å². The van der Waals surface area contributed by atoms with Gasteiger partial charge in [0.25, 0.3) is 5.89 Å². The lowest BCUT2D eigenvalue weighted by molar-refractivity contribution is 0.432. The summed E-state index contributed by atoms with van der Waals surface area (Å²) in [5, 5.41) is 4.12.